The number of aliphatic hydroxyl groups excluding tert-OH is 3. The van der Waals surface area contributed by atoms with Crippen LogP contribution in [0.1, 0.15) is 99.3 Å². The Bertz CT molecular complexity index is 1790. The molecular formula is C43H53NO8. The maximum Gasteiger partial charge on any atom is 0.160 e. The van der Waals surface area contributed by atoms with Crippen molar-refractivity contribution in [3.05, 3.63) is 65.2 Å². The predicted octanol–water partition coefficient (Wildman–Crippen LogP) is 5.87. The summed E-state index contributed by atoms with van der Waals surface area (Å²) in [6.07, 6.45) is 5.54. The number of carbonyl (C=O) groups excluding carboxylic acids is 2. The predicted molar refractivity (Wildman–Crippen MR) is 199 cm³/mol. The van der Waals surface area contributed by atoms with E-state index in [0.29, 0.717) is 74.7 Å². The quantitative estimate of drug-likeness (QED) is 0.119. The third-order valence-electron chi connectivity index (χ3n) is 11.9. The first-order valence-electron chi connectivity index (χ1n) is 19.0. The molecule has 0 unspecified atom stereocenters. The molecule has 52 heavy (non-hydrogen) atoms. The van der Waals surface area contributed by atoms with E-state index in [4.69, 9.17) is 4.74 Å². The van der Waals surface area contributed by atoms with E-state index in [1.807, 2.05) is 24.3 Å². The maximum atomic E-state index is 13.6. The van der Waals surface area contributed by atoms with Crippen molar-refractivity contribution in [2.45, 2.75) is 101 Å². The summed E-state index contributed by atoms with van der Waals surface area (Å²) in [4.78, 5) is 25.6. The molecule has 2 fully saturated rings. The van der Waals surface area contributed by atoms with Gasteiger partial charge in [0.05, 0.1) is 19.3 Å². The van der Waals surface area contributed by atoms with Crippen LogP contribution in [-0.2, 0) is 16.0 Å². The highest BCUT2D eigenvalue weighted by Gasteiger charge is 2.37. The summed E-state index contributed by atoms with van der Waals surface area (Å²) in [5.74, 6) is 7.05. The Labute approximate surface area is 306 Å². The topological polar surface area (TPSA) is 157 Å². The maximum absolute atomic E-state index is 13.6. The van der Waals surface area contributed by atoms with E-state index in [1.165, 1.54) is 7.11 Å². The van der Waals surface area contributed by atoms with Crippen LogP contribution in [0.4, 0.5) is 0 Å². The van der Waals surface area contributed by atoms with Crippen molar-refractivity contribution in [1.29, 1.82) is 0 Å². The molecule has 3 aromatic rings. The number of ether oxygens (including phenoxy) is 1. The second-order valence-corrected chi connectivity index (χ2v) is 15.2. The van der Waals surface area contributed by atoms with E-state index < -0.39 is 24.0 Å². The van der Waals surface area contributed by atoms with Gasteiger partial charge in [0, 0.05) is 37.8 Å². The fraction of sp³-hybridized carbons (Fsp3) is 0.535. The lowest BCUT2D eigenvalue weighted by molar-refractivity contribution is -0.124. The van der Waals surface area contributed by atoms with E-state index in [-0.39, 0.29) is 42.3 Å². The molecule has 6 rings (SSSR count). The van der Waals surface area contributed by atoms with Crippen molar-refractivity contribution < 1.29 is 39.9 Å². The number of fused-ring (bicyclic) bond motifs is 3. The number of rotatable bonds is 13. The van der Waals surface area contributed by atoms with E-state index in [9.17, 15) is 35.1 Å². The largest absolute Gasteiger partial charge is 0.508 e. The molecule has 1 saturated heterocycles. The number of benzene rings is 3. The second-order valence-electron chi connectivity index (χ2n) is 15.2. The van der Waals surface area contributed by atoms with Gasteiger partial charge in [0.15, 0.2) is 17.3 Å². The first kappa shape index (κ1) is 37.8. The second kappa shape index (κ2) is 17.3. The molecule has 0 bridgehead atoms. The SMILES string of the molecule is COc1cc2c(cc1O)[C@H](CC[C@H](O)c1ccc3cc(O)ccc3c1)C#C[C@H]([C@H](O)CCC[C@H](CCO)[C@H]1CN[C@@H]3CC(=O)CC[C@H]3C1)C(=O)CC2. The van der Waals surface area contributed by atoms with Gasteiger partial charge >= 0.3 is 0 Å². The highest BCUT2D eigenvalue weighted by Crippen LogP contribution is 2.39. The third-order valence-corrected chi connectivity index (χ3v) is 11.9. The van der Waals surface area contributed by atoms with E-state index in [1.54, 1.807) is 24.3 Å². The monoisotopic (exact) mass is 711 g/mol. The van der Waals surface area contributed by atoms with E-state index in [2.05, 4.69) is 17.2 Å². The van der Waals surface area contributed by atoms with Crippen molar-refractivity contribution in [1.82, 2.24) is 5.32 Å². The molecule has 3 aliphatic rings. The van der Waals surface area contributed by atoms with Crippen LogP contribution >= 0.6 is 0 Å². The number of aromatic hydroxyl groups is 2. The summed E-state index contributed by atoms with van der Waals surface area (Å²) in [7, 11) is 1.48. The van der Waals surface area contributed by atoms with Gasteiger partial charge in [-0.1, -0.05) is 36.5 Å². The molecule has 9 nitrogen and oxygen atoms in total. The normalized spacial score (nSPS) is 25.0. The zero-order valence-corrected chi connectivity index (χ0v) is 30.1. The Hall–Kier alpha value is -3.94. The van der Waals surface area contributed by atoms with Crippen LogP contribution in [0.2, 0.25) is 0 Å². The number of piperidine rings is 1. The number of nitrogens with one attached hydrogen (secondary N) is 1. The number of aliphatic hydroxyl groups is 3. The summed E-state index contributed by atoms with van der Waals surface area (Å²) in [6.45, 7) is 0.932. The molecule has 2 aliphatic carbocycles. The minimum Gasteiger partial charge on any atom is -0.508 e. The number of phenolic OH excluding ortho intramolecular Hbond substituents is 2. The molecule has 0 radical (unpaired) electrons. The molecule has 1 aliphatic heterocycles. The summed E-state index contributed by atoms with van der Waals surface area (Å²) in [5.41, 5.74) is 2.37. The minimum atomic E-state index is -0.944. The van der Waals surface area contributed by atoms with Gasteiger partial charge in [-0.2, -0.15) is 0 Å². The molecular weight excluding hydrogens is 658 g/mol. The van der Waals surface area contributed by atoms with Crippen LogP contribution in [0.3, 0.4) is 0 Å². The van der Waals surface area contributed by atoms with Crippen molar-refractivity contribution in [3.63, 3.8) is 0 Å². The molecule has 1 heterocycles. The number of aryl methyl sites for hydroxylation is 1. The van der Waals surface area contributed by atoms with Gasteiger partial charge in [0.25, 0.3) is 0 Å². The molecule has 3 aromatic carbocycles. The molecule has 1 saturated carbocycles. The third kappa shape index (κ3) is 8.98. The van der Waals surface area contributed by atoms with Crippen LogP contribution < -0.4 is 10.1 Å². The minimum absolute atomic E-state index is 0.0216. The molecule has 8 atom stereocenters. The van der Waals surface area contributed by atoms with Crippen LogP contribution in [-0.4, -0.2) is 69.5 Å². The summed E-state index contributed by atoms with van der Waals surface area (Å²) in [6, 6.07) is 14.4. The lowest BCUT2D eigenvalue weighted by Gasteiger charge is -2.42. The highest BCUT2D eigenvalue weighted by molar-refractivity contribution is 5.85. The van der Waals surface area contributed by atoms with Crippen LogP contribution in [0.25, 0.3) is 10.8 Å². The fourth-order valence-electron chi connectivity index (χ4n) is 8.84. The number of phenols is 2. The number of carbonyl (C=O) groups is 2. The Balaban J connectivity index is 1.15. The molecule has 0 amide bonds. The number of ketones is 2. The Morgan fingerprint density at radius 2 is 1.73 bits per heavy atom. The molecule has 0 spiro atoms. The van der Waals surface area contributed by atoms with Crippen molar-refractivity contribution >= 4 is 22.3 Å². The standard InChI is InChI=1S/C43H53NO8/c1-52-43-22-30-11-16-41(50)36(40(49)4-2-3-26(17-18-45)33-20-31-8-13-35(47)23-38(31)44-25-33)14-9-27(37(30)24-42(43)51)10-15-39(48)32-6-5-29-21-34(46)12-7-28(29)19-32/h5-7,12,19,21-22,24,26-27,31,33,36,38-40,44-46,48-49,51H,2-4,8,10-11,13,15-18,20,23,25H2,1H3/t26-,27+,31+,33-,36-,38-,39+,40-/m1/s1. The first-order chi connectivity index (χ1) is 25.1. The lowest BCUT2D eigenvalue weighted by atomic mass is 9.71. The van der Waals surface area contributed by atoms with E-state index >= 15 is 0 Å². The van der Waals surface area contributed by atoms with Gasteiger partial charge in [-0.15, -0.1) is 0 Å². The van der Waals surface area contributed by atoms with E-state index in [0.717, 1.165) is 53.3 Å². The van der Waals surface area contributed by atoms with Crippen LogP contribution in [0.5, 0.6) is 17.2 Å². The highest BCUT2D eigenvalue weighted by atomic mass is 16.5. The first-order valence-corrected chi connectivity index (χ1v) is 19.0. The van der Waals surface area contributed by atoms with Crippen molar-refractivity contribution in [3.8, 4) is 29.1 Å². The molecule has 278 valence electrons. The van der Waals surface area contributed by atoms with Crippen molar-refractivity contribution in [2.24, 2.45) is 23.7 Å². The van der Waals surface area contributed by atoms with Gasteiger partial charge in [-0.25, -0.2) is 0 Å². The van der Waals surface area contributed by atoms with Gasteiger partial charge in [0.2, 0.25) is 0 Å². The Morgan fingerprint density at radius 3 is 2.54 bits per heavy atom. The van der Waals surface area contributed by atoms with Crippen LogP contribution in [0, 0.1) is 35.5 Å². The van der Waals surface area contributed by atoms with Gasteiger partial charge < -0.3 is 35.6 Å². The molecule has 6 N–H and O–H groups in total. The Kier molecular flexibility index (Phi) is 12.5. The number of Topliss-reactive ketones (excluding diaryl/α,β-unsaturated/α-hetero) is 2. The Morgan fingerprint density at radius 1 is 0.923 bits per heavy atom. The van der Waals surface area contributed by atoms with Crippen LogP contribution in [0.15, 0.2) is 48.5 Å². The smallest absolute Gasteiger partial charge is 0.160 e. The number of hydrogen-bond acceptors (Lipinski definition) is 9. The van der Waals surface area contributed by atoms with Gasteiger partial charge in [0.1, 0.15) is 17.5 Å². The van der Waals surface area contributed by atoms with Gasteiger partial charge in [-0.3, -0.25) is 9.59 Å². The average Bonchev–Trinajstić information content (AvgIpc) is 3.20. The summed E-state index contributed by atoms with van der Waals surface area (Å²) in [5, 5.41) is 58.6. The summed E-state index contributed by atoms with van der Waals surface area (Å²) >= 11 is 0. The fourth-order valence-corrected chi connectivity index (χ4v) is 8.84. The molecule has 0 aromatic heterocycles. The molecule has 9 heteroatoms. The summed E-state index contributed by atoms with van der Waals surface area (Å²) < 4.78 is 5.39. The van der Waals surface area contributed by atoms with Crippen molar-refractivity contribution in [2.75, 3.05) is 20.3 Å². The average molecular weight is 712 g/mol. The lowest BCUT2D eigenvalue weighted by Crippen LogP contribution is -2.50. The zero-order valence-electron chi connectivity index (χ0n) is 30.1. The number of hydrogen-bond donors (Lipinski definition) is 6. The number of methoxy groups -OCH3 is 1. The zero-order chi connectivity index (χ0) is 36.8. The van der Waals surface area contributed by atoms with Gasteiger partial charge in [-0.05, 0) is 133 Å².